The van der Waals surface area contributed by atoms with E-state index in [4.69, 9.17) is 0 Å². The van der Waals surface area contributed by atoms with Crippen LogP contribution in [-0.2, 0) is 0 Å². The Morgan fingerprint density at radius 1 is 1.08 bits per heavy atom. The van der Waals surface area contributed by atoms with Gasteiger partial charge in [0.1, 0.15) is 0 Å². The molecule has 2 aromatic rings. The molecule has 2 aromatic heterocycles. The average molecular weight is 160 g/mol. The van der Waals surface area contributed by atoms with Crippen molar-refractivity contribution in [3.63, 3.8) is 0 Å². The van der Waals surface area contributed by atoms with Crippen LogP contribution in [0.3, 0.4) is 0 Å². The molecule has 2 nitrogen and oxygen atoms in total. The molecule has 0 atom stereocenters. The van der Waals surface area contributed by atoms with Crippen molar-refractivity contribution in [3.8, 4) is 0 Å². The molecule has 2 heteroatoms. The SMILES string of the molecule is CC.c1cnc2ccncc2c1. The van der Waals surface area contributed by atoms with Crippen LogP contribution in [-0.4, -0.2) is 9.97 Å². The van der Waals surface area contributed by atoms with Crippen molar-refractivity contribution < 1.29 is 0 Å². The normalized spacial score (nSPS) is 8.83. The molecule has 0 spiro atoms. The molecule has 2 heterocycles. The van der Waals surface area contributed by atoms with E-state index in [0.29, 0.717) is 0 Å². The minimum Gasteiger partial charge on any atom is -0.264 e. The lowest BCUT2D eigenvalue weighted by Gasteiger charge is -1.90. The number of hydrogen-bond donors (Lipinski definition) is 0. The highest BCUT2D eigenvalue weighted by molar-refractivity contribution is 5.76. The third-order valence-corrected chi connectivity index (χ3v) is 1.40. The van der Waals surface area contributed by atoms with Gasteiger partial charge in [0, 0.05) is 24.0 Å². The summed E-state index contributed by atoms with van der Waals surface area (Å²) in [6.07, 6.45) is 5.33. The molecular weight excluding hydrogens is 148 g/mol. The Labute approximate surface area is 72.3 Å². The fraction of sp³-hybridized carbons (Fsp3) is 0.200. The smallest absolute Gasteiger partial charge is 0.0732 e. The van der Waals surface area contributed by atoms with Crippen LogP contribution in [0, 0.1) is 0 Å². The minimum atomic E-state index is 0.998. The lowest BCUT2D eigenvalue weighted by atomic mass is 10.3. The fourth-order valence-electron chi connectivity index (χ4n) is 0.915. The van der Waals surface area contributed by atoms with E-state index in [9.17, 15) is 0 Å². The number of fused-ring (bicyclic) bond motifs is 1. The molecule has 2 rings (SSSR count). The van der Waals surface area contributed by atoms with Gasteiger partial charge in [0.25, 0.3) is 0 Å². The molecule has 0 aliphatic carbocycles. The first kappa shape index (κ1) is 8.65. The van der Waals surface area contributed by atoms with Crippen molar-refractivity contribution in [2.24, 2.45) is 0 Å². The van der Waals surface area contributed by atoms with Gasteiger partial charge in [-0.2, -0.15) is 0 Å². The number of aromatic nitrogens is 2. The molecular formula is C10H12N2. The first-order valence-electron chi connectivity index (χ1n) is 4.11. The van der Waals surface area contributed by atoms with Crippen LogP contribution >= 0.6 is 0 Å². The second kappa shape index (κ2) is 4.44. The Hall–Kier alpha value is -1.44. The fourth-order valence-corrected chi connectivity index (χ4v) is 0.915. The maximum atomic E-state index is 4.14. The summed E-state index contributed by atoms with van der Waals surface area (Å²) in [6.45, 7) is 4.00. The molecule has 0 bridgehead atoms. The van der Waals surface area contributed by atoms with Crippen LogP contribution in [0.25, 0.3) is 10.9 Å². The summed E-state index contributed by atoms with van der Waals surface area (Å²) >= 11 is 0. The zero-order chi connectivity index (χ0) is 8.81. The van der Waals surface area contributed by atoms with Crippen molar-refractivity contribution in [1.82, 2.24) is 9.97 Å². The molecule has 0 aliphatic heterocycles. The highest BCUT2D eigenvalue weighted by atomic mass is 14.7. The predicted octanol–water partition coefficient (Wildman–Crippen LogP) is 2.66. The minimum absolute atomic E-state index is 0.998. The average Bonchev–Trinajstić information content (AvgIpc) is 2.21. The maximum absolute atomic E-state index is 4.14. The Balaban J connectivity index is 0.000000336. The summed E-state index contributed by atoms with van der Waals surface area (Å²) in [6, 6.07) is 5.80. The lowest BCUT2D eigenvalue weighted by molar-refractivity contribution is 1.32. The summed E-state index contributed by atoms with van der Waals surface area (Å²) in [4.78, 5) is 8.11. The molecule has 12 heavy (non-hydrogen) atoms. The van der Waals surface area contributed by atoms with Gasteiger partial charge in [0.15, 0.2) is 0 Å². The summed E-state index contributed by atoms with van der Waals surface area (Å²) in [5, 5.41) is 1.09. The zero-order valence-electron chi connectivity index (χ0n) is 7.36. The number of hydrogen-bond acceptors (Lipinski definition) is 2. The van der Waals surface area contributed by atoms with Crippen LogP contribution in [0.15, 0.2) is 36.8 Å². The molecule has 0 N–H and O–H groups in total. The first-order chi connectivity index (χ1) is 5.97. The van der Waals surface area contributed by atoms with Gasteiger partial charge in [0.2, 0.25) is 0 Å². The van der Waals surface area contributed by atoms with Crippen LogP contribution in [0.5, 0.6) is 0 Å². The van der Waals surface area contributed by atoms with Crippen molar-refractivity contribution in [2.45, 2.75) is 13.8 Å². The topological polar surface area (TPSA) is 25.8 Å². The molecule has 0 fully saturated rings. The van der Waals surface area contributed by atoms with E-state index in [1.54, 1.807) is 12.4 Å². The summed E-state index contributed by atoms with van der Waals surface area (Å²) in [5.74, 6) is 0. The van der Waals surface area contributed by atoms with Gasteiger partial charge in [-0.25, -0.2) is 0 Å². The van der Waals surface area contributed by atoms with Gasteiger partial charge in [-0.15, -0.1) is 0 Å². The molecule has 0 saturated carbocycles. The highest BCUT2D eigenvalue weighted by Crippen LogP contribution is 2.05. The maximum Gasteiger partial charge on any atom is 0.0732 e. The van der Waals surface area contributed by atoms with E-state index >= 15 is 0 Å². The molecule has 62 valence electrons. The van der Waals surface area contributed by atoms with Crippen molar-refractivity contribution in [1.29, 1.82) is 0 Å². The first-order valence-corrected chi connectivity index (χ1v) is 4.11. The van der Waals surface area contributed by atoms with E-state index in [0.717, 1.165) is 10.9 Å². The molecule has 0 aromatic carbocycles. The summed E-state index contributed by atoms with van der Waals surface area (Å²) in [7, 11) is 0. The van der Waals surface area contributed by atoms with Gasteiger partial charge in [-0.1, -0.05) is 13.8 Å². The summed E-state index contributed by atoms with van der Waals surface area (Å²) in [5.41, 5.74) is 0.998. The van der Waals surface area contributed by atoms with Gasteiger partial charge in [-0.3, -0.25) is 9.97 Å². The monoisotopic (exact) mass is 160 g/mol. The zero-order valence-corrected chi connectivity index (χ0v) is 7.36. The third-order valence-electron chi connectivity index (χ3n) is 1.40. The van der Waals surface area contributed by atoms with E-state index in [2.05, 4.69) is 9.97 Å². The molecule has 0 aliphatic rings. The molecule has 0 amide bonds. The van der Waals surface area contributed by atoms with E-state index in [1.807, 2.05) is 38.2 Å². The Morgan fingerprint density at radius 2 is 1.92 bits per heavy atom. The molecule has 0 saturated heterocycles. The van der Waals surface area contributed by atoms with Crippen LogP contribution in [0.2, 0.25) is 0 Å². The quantitative estimate of drug-likeness (QED) is 0.592. The van der Waals surface area contributed by atoms with Crippen LogP contribution in [0.1, 0.15) is 13.8 Å². The van der Waals surface area contributed by atoms with E-state index in [1.165, 1.54) is 0 Å². The number of rotatable bonds is 0. The van der Waals surface area contributed by atoms with Gasteiger partial charge < -0.3 is 0 Å². The van der Waals surface area contributed by atoms with Gasteiger partial charge in [-0.05, 0) is 18.2 Å². The Morgan fingerprint density at radius 3 is 2.67 bits per heavy atom. The van der Waals surface area contributed by atoms with Crippen molar-refractivity contribution in [2.75, 3.05) is 0 Å². The third kappa shape index (κ3) is 1.78. The number of pyridine rings is 2. The highest BCUT2D eigenvalue weighted by Gasteiger charge is 1.87. The van der Waals surface area contributed by atoms with Gasteiger partial charge >= 0.3 is 0 Å². The largest absolute Gasteiger partial charge is 0.264 e. The van der Waals surface area contributed by atoms with Crippen LogP contribution in [0.4, 0.5) is 0 Å². The Bertz CT molecular complexity index is 279. The number of nitrogens with zero attached hydrogens (tertiary/aromatic N) is 2. The van der Waals surface area contributed by atoms with Gasteiger partial charge in [0.05, 0.1) is 5.52 Å². The Kier molecular flexibility index (Phi) is 3.20. The van der Waals surface area contributed by atoms with E-state index < -0.39 is 0 Å². The lowest BCUT2D eigenvalue weighted by Crippen LogP contribution is -1.76. The molecule has 0 unspecified atom stereocenters. The standard InChI is InChI=1S/C8H6N2.C2H6/c1-2-7-6-9-5-3-8(7)10-4-1;1-2/h1-6H;1-2H3. The van der Waals surface area contributed by atoms with Crippen molar-refractivity contribution >= 4 is 10.9 Å². The second-order valence-corrected chi connectivity index (χ2v) is 2.07. The second-order valence-electron chi connectivity index (χ2n) is 2.07. The van der Waals surface area contributed by atoms with E-state index in [-0.39, 0.29) is 0 Å². The molecule has 0 radical (unpaired) electrons. The van der Waals surface area contributed by atoms with Crippen molar-refractivity contribution in [3.05, 3.63) is 36.8 Å². The summed E-state index contributed by atoms with van der Waals surface area (Å²) < 4.78 is 0. The van der Waals surface area contributed by atoms with Crippen LogP contribution < -0.4 is 0 Å². The predicted molar refractivity (Wildman–Crippen MR) is 50.9 cm³/mol.